The first kappa shape index (κ1) is 16.4. The van der Waals surface area contributed by atoms with Crippen molar-refractivity contribution in [3.05, 3.63) is 65.2 Å². The first-order chi connectivity index (χ1) is 11.0. The molecule has 0 aromatic heterocycles. The maximum absolute atomic E-state index is 13.2. The molecule has 0 fully saturated rings. The second-order valence-electron chi connectivity index (χ2n) is 4.73. The highest BCUT2D eigenvalue weighted by atomic mass is 19.1. The van der Waals surface area contributed by atoms with Gasteiger partial charge in [-0.15, -0.1) is 0 Å². The predicted molar refractivity (Wildman–Crippen MR) is 78.6 cm³/mol. The van der Waals surface area contributed by atoms with E-state index in [4.69, 9.17) is 5.11 Å². The quantitative estimate of drug-likeness (QED) is 0.785. The number of halogens is 2. The first-order valence-corrected chi connectivity index (χ1v) is 6.74. The van der Waals surface area contributed by atoms with Gasteiger partial charge < -0.3 is 15.7 Å². The van der Waals surface area contributed by atoms with Gasteiger partial charge in [-0.05, 0) is 17.7 Å². The fraction of sp³-hybridized carbons (Fsp3) is 0.125. The normalized spacial score (nSPS) is 10.2. The summed E-state index contributed by atoms with van der Waals surface area (Å²) in [5, 5.41) is 13.8. The summed E-state index contributed by atoms with van der Waals surface area (Å²) in [5.74, 6) is -4.91. The molecule has 0 atom stereocenters. The van der Waals surface area contributed by atoms with Gasteiger partial charge in [0, 0.05) is 12.1 Å². The van der Waals surface area contributed by atoms with Crippen molar-refractivity contribution >= 4 is 11.8 Å². The molecule has 7 heteroatoms. The zero-order chi connectivity index (χ0) is 16.8. The molecule has 0 bridgehead atoms. The van der Waals surface area contributed by atoms with E-state index in [1.54, 1.807) is 0 Å². The van der Waals surface area contributed by atoms with Crippen LogP contribution in [0.3, 0.4) is 0 Å². The summed E-state index contributed by atoms with van der Waals surface area (Å²) in [6.45, 7) is -0.0339. The van der Waals surface area contributed by atoms with Crippen LogP contribution in [0.15, 0.2) is 42.5 Å². The number of nitrogens with one attached hydrogen (secondary N) is 2. The van der Waals surface area contributed by atoms with Gasteiger partial charge in [0.2, 0.25) is 5.91 Å². The minimum absolute atomic E-state index is 0.304. The van der Waals surface area contributed by atoms with Crippen molar-refractivity contribution in [2.75, 3.05) is 6.54 Å². The Labute approximate surface area is 130 Å². The van der Waals surface area contributed by atoms with Crippen LogP contribution in [-0.4, -0.2) is 23.5 Å². The number of hydrogen-bond donors (Lipinski definition) is 3. The lowest BCUT2D eigenvalue weighted by atomic mass is 10.2. The summed E-state index contributed by atoms with van der Waals surface area (Å²) in [7, 11) is 0. The average Bonchev–Trinajstić information content (AvgIpc) is 2.56. The molecular weight excluding hydrogens is 306 g/mol. The van der Waals surface area contributed by atoms with Crippen LogP contribution in [0.25, 0.3) is 0 Å². The minimum Gasteiger partial charge on any atom is -0.503 e. The molecule has 0 saturated heterocycles. The Morgan fingerprint density at radius 3 is 2.22 bits per heavy atom. The van der Waals surface area contributed by atoms with E-state index >= 15 is 0 Å². The smallest absolute Gasteiger partial charge is 0.251 e. The Bertz CT molecular complexity index is 698. The number of aromatic hydroxyl groups is 1. The van der Waals surface area contributed by atoms with Crippen LogP contribution in [0.4, 0.5) is 8.78 Å². The number of carbonyl (C=O) groups is 2. The number of carbonyl (C=O) groups excluding carboxylic acids is 2. The number of rotatable bonds is 5. The summed E-state index contributed by atoms with van der Waals surface area (Å²) in [4.78, 5) is 23.4. The van der Waals surface area contributed by atoms with E-state index in [-0.39, 0.29) is 12.1 Å². The fourth-order valence-electron chi connectivity index (χ4n) is 1.82. The van der Waals surface area contributed by atoms with Crippen molar-refractivity contribution in [1.29, 1.82) is 0 Å². The Balaban J connectivity index is 1.85. The highest BCUT2D eigenvalue weighted by Gasteiger charge is 2.15. The standard InChI is InChI=1S/C16H14F2N2O3/c17-12-6-11(7-13(18)15(12)22)16(23)20-9-14(21)19-8-10-4-2-1-3-5-10/h1-7,22H,8-9H2,(H,19,21)(H,20,23). The molecule has 0 aliphatic carbocycles. The molecule has 2 aromatic carbocycles. The van der Waals surface area contributed by atoms with Gasteiger partial charge in [0.05, 0.1) is 6.54 Å². The third kappa shape index (κ3) is 4.50. The monoisotopic (exact) mass is 320 g/mol. The molecule has 0 aliphatic rings. The third-order valence-corrected chi connectivity index (χ3v) is 3.02. The largest absolute Gasteiger partial charge is 0.503 e. The van der Waals surface area contributed by atoms with Crippen molar-refractivity contribution in [3.63, 3.8) is 0 Å². The Morgan fingerprint density at radius 1 is 1.00 bits per heavy atom. The van der Waals surface area contributed by atoms with Crippen molar-refractivity contribution in [1.82, 2.24) is 10.6 Å². The molecule has 0 saturated carbocycles. The second-order valence-corrected chi connectivity index (χ2v) is 4.73. The molecule has 3 N–H and O–H groups in total. The third-order valence-electron chi connectivity index (χ3n) is 3.02. The summed E-state index contributed by atoms with van der Waals surface area (Å²) >= 11 is 0. The molecule has 2 aromatic rings. The summed E-state index contributed by atoms with van der Waals surface area (Å²) in [5.41, 5.74) is 0.573. The SMILES string of the molecule is O=C(CNC(=O)c1cc(F)c(O)c(F)c1)NCc1ccccc1. The fourth-order valence-corrected chi connectivity index (χ4v) is 1.82. The Morgan fingerprint density at radius 2 is 1.61 bits per heavy atom. The molecule has 0 aliphatic heterocycles. The molecule has 23 heavy (non-hydrogen) atoms. The van der Waals surface area contributed by atoms with Crippen LogP contribution in [0, 0.1) is 11.6 Å². The van der Waals surface area contributed by atoms with Gasteiger partial charge in [-0.2, -0.15) is 0 Å². The van der Waals surface area contributed by atoms with Gasteiger partial charge >= 0.3 is 0 Å². The van der Waals surface area contributed by atoms with E-state index in [1.807, 2.05) is 30.3 Å². The van der Waals surface area contributed by atoms with Gasteiger partial charge in [0.25, 0.3) is 5.91 Å². The van der Waals surface area contributed by atoms with Gasteiger partial charge in [-0.3, -0.25) is 9.59 Å². The van der Waals surface area contributed by atoms with Gasteiger partial charge in [0.1, 0.15) is 0 Å². The number of amides is 2. The van der Waals surface area contributed by atoms with Crippen LogP contribution < -0.4 is 10.6 Å². The number of hydrogen-bond acceptors (Lipinski definition) is 3. The van der Waals surface area contributed by atoms with Gasteiger partial charge in [-0.1, -0.05) is 30.3 Å². The van der Waals surface area contributed by atoms with Crippen molar-refractivity contribution in [2.24, 2.45) is 0 Å². The Kier molecular flexibility index (Phi) is 5.24. The lowest BCUT2D eigenvalue weighted by molar-refractivity contribution is -0.120. The highest BCUT2D eigenvalue weighted by Crippen LogP contribution is 2.21. The topological polar surface area (TPSA) is 78.4 Å². The molecule has 2 rings (SSSR count). The lowest BCUT2D eigenvalue weighted by Gasteiger charge is -2.08. The zero-order valence-corrected chi connectivity index (χ0v) is 12.0. The van der Waals surface area contributed by atoms with E-state index < -0.39 is 29.2 Å². The van der Waals surface area contributed by atoms with Crippen molar-refractivity contribution < 1.29 is 23.5 Å². The van der Waals surface area contributed by atoms with Crippen LogP contribution in [-0.2, 0) is 11.3 Å². The molecule has 0 spiro atoms. The van der Waals surface area contributed by atoms with Crippen LogP contribution in [0.1, 0.15) is 15.9 Å². The van der Waals surface area contributed by atoms with E-state index in [0.29, 0.717) is 18.7 Å². The zero-order valence-electron chi connectivity index (χ0n) is 12.0. The summed E-state index contributed by atoms with van der Waals surface area (Å²) < 4.78 is 26.3. The minimum atomic E-state index is -1.25. The van der Waals surface area contributed by atoms with Gasteiger partial charge in [-0.25, -0.2) is 8.78 Å². The van der Waals surface area contributed by atoms with E-state index in [2.05, 4.69) is 10.6 Å². The molecule has 5 nitrogen and oxygen atoms in total. The van der Waals surface area contributed by atoms with Gasteiger partial charge in [0.15, 0.2) is 17.4 Å². The Hall–Kier alpha value is -2.96. The predicted octanol–water partition coefficient (Wildman–Crippen LogP) is 1.72. The average molecular weight is 320 g/mol. The van der Waals surface area contributed by atoms with Crippen LogP contribution in [0.2, 0.25) is 0 Å². The maximum atomic E-state index is 13.2. The van der Waals surface area contributed by atoms with E-state index in [1.165, 1.54) is 0 Å². The summed E-state index contributed by atoms with van der Waals surface area (Å²) in [6.07, 6.45) is 0. The number of benzene rings is 2. The molecule has 0 unspecified atom stereocenters. The highest BCUT2D eigenvalue weighted by molar-refractivity contribution is 5.96. The maximum Gasteiger partial charge on any atom is 0.251 e. The van der Waals surface area contributed by atoms with E-state index in [9.17, 15) is 18.4 Å². The van der Waals surface area contributed by atoms with Crippen molar-refractivity contribution in [3.8, 4) is 5.75 Å². The molecule has 2 amide bonds. The van der Waals surface area contributed by atoms with E-state index in [0.717, 1.165) is 5.56 Å². The molecule has 120 valence electrons. The molecule has 0 radical (unpaired) electrons. The number of phenols is 1. The van der Waals surface area contributed by atoms with Crippen molar-refractivity contribution in [2.45, 2.75) is 6.54 Å². The molecule has 0 heterocycles. The summed E-state index contributed by atoms with van der Waals surface area (Å²) in [6, 6.07) is 10.6. The number of phenolic OH excluding ortho intramolecular Hbond substituents is 1. The van der Waals surface area contributed by atoms with Crippen LogP contribution in [0.5, 0.6) is 5.75 Å². The first-order valence-electron chi connectivity index (χ1n) is 6.74. The molecular formula is C16H14F2N2O3. The van der Waals surface area contributed by atoms with Crippen LogP contribution >= 0.6 is 0 Å². The second kappa shape index (κ2) is 7.35. The lowest BCUT2D eigenvalue weighted by Crippen LogP contribution is -2.36.